The summed E-state index contributed by atoms with van der Waals surface area (Å²) in [5.41, 5.74) is -0.461. The van der Waals surface area contributed by atoms with Crippen LogP contribution in [-0.4, -0.2) is 30.7 Å². The van der Waals surface area contributed by atoms with E-state index in [-0.39, 0.29) is 12.1 Å². The lowest BCUT2D eigenvalue weighted by molar-refractivity contribution is -0.109. The predicted molar refractivity (Wildman–Crippen MR) is 66.7 cm³/mol. The molecule has 5 heteroatoms. The lowest BCUT2D eigenvalue weighted by Gasteiger charge is -2.21. The molecule has 0 bridgehead atoms. The second-order valence-electron chi connectivity index (χ2n) is 5.12. The molecular weight excluding hydrogens is 220 g/mol. The molecule has 1 atom stereocenters. The maximum atomic E-state index is 11.4. The van der Waals surface area contributed by atoms with E-state index >= 15 is 0 Å². The molecule has 0 aromatic heterocycles. The maximum absolute atomic E-state index is 11.4. The Labute approximate surface area is 103 Å². The maximum Gasteiger partial charge on any atom is 0.407 e. The van der Waals surface area contributed by atoms with Gasteiger partial charge in [0, 0.05) is 12.6 Å². The van der Waals surface area contributed by atoms with Crippen molar-refractivity contribution in [1.29, 1.82) is 0 Å². The summed E-state index contributed by atoms with van der Waals surface area (Å²) in [5.74, 6) is 0. The fourth-order valence-electron chi connectivity index (χ4n) is 1.32. The van der Waals surface area contributed by atoms with Gasteiger partial charge in [-0.15, -0.1) is 0 Å². The first kappa shape index (κ1) is 15.7. The first-order valence-corrected chi connectivity index (χ1v) is 6.01. The summed E-state index contributed by atoms with van der Waals surface area (Å²) in [4.78, 5) is 21.4. The van der Waals surface area contributed by atoms with Gasteiger partial charge in [0.15, 0.2) is 0 Å². The van der Waals surface area contributed by atoms with Crippen LogP contribution in [0.25, 0.3) is 0 Å². The second-order valence-corrected chi connectivity index (χ2v) is 5.12. The molecule has 0 heterocycles. The Morgan fingerprint density at radius 3 is 2.53 bits per heavy atom. The van der Waals surface area contributed by atoms with Crippen LogP contribution in [0.4, 0.5) is 4.79 Å². The van der Waals surface area contributed by atoms with Gasteiger partial charge in [0.2, 0.25) is 6.41 Å². The number of alkyl carbamates (subject to hydrolysis) is 1. The van der Waals surface area contributed by atoms with Gasteiger partial charge in [-0.25, -0.2) is 4.79 Å². The summed E-state index contributed by atoms with van der Waals surface area (Å²) in [6.45, 7) is 8.13. The Bertz CT molecular complexity index is 236. The van der Waals surface area contributed by atoms with E-state index < -0.39 is 5.60 Å². The number of nitrogens with one attached hydrogen (secondary N) is 2. The normalized spacial score (nSPS) is 12.7. The summed E-state index contributed by atoms with van der Waals surface area (Å²) < 4.78 is 5.14. The number of carbonyl (C=O) groups is 2. The summed E-state index contributed by atoms with van der Waals surface area (Å²) in [7, 11) is 0. The van der Waals surface area contributed by atoms with Gasteiger partial charge in [-0.3, -0.25) is 4.79 Å². The van der Waals surface area contributed by atoms with Crippen LogP contribution >= 0.6 is 0 Å². The minimum atomic E-state index is -0.461. The van der Waals surface area contributed by atoms with Gasteiger partial charge >= 0.3 is 6.09 Å². The molecule has 0 aliphatic rings. The second kappa shape index (κ2) is 7.92. The molecule has 0 spiro atoms. The minimum absolute atomic E-state index is 0.0843. The van der Waals surface area contributed by atoms with E-state index in [0.29, 0.717) is 13.0 Å². The Morgan fingerprint density at radius 2 is 2.00 bits per heavy atom. The molecule has 2 amide bonds. The molecule has 0 aliphatic heterocycles. The van der Waals surface area contributed by atoms with Crippen molar-refractivity contribution in [3.8, 4) is 0 Å². The Balaban J connectivity index is 3.60. The van der Waals surface area contributed by atoms with E-state index in [2.05, 4.69) is 10.6 Å². The zero-order valence-corrected chi connectivity index (χ0v) is 11.2. The molecule has 0 radical (unpaired) electrons. The van der Waals surface area contributed by atoms with Crippen LogP contribution in [0.1, 0.15) is 47.0 Å². The molecule has 0 saturated heterocycles. The molecule has 17 heavy (non-hydrogen) atoms. The Kier molecular flexibility index (Phi) is 7.34. The zero-order chi connectivity index (χ0) is 13.3. The van der Waals surface area contributed by atoms with Gasteiger partial charge in [-0.05, 0) is 47.0 Å². The van der Waals surface area contributed by atoms with E-state index in [0.717, 1.165) is 19.3 Å². The van der Waals surface area contributed by atoms with E-state index in [9.17, 15) is 9.59 Å². The molecule has 0 aliphatic carbocycles. The average Bonchev–Trinajstić information content (AvgIpc) is 2.14. The van der Waals surface area contributed by atoms with Crippen molar-refractivity contribution in [3.05, 3.63) is 0 Å². The smallest absolute Gasteiger partial charge is 0.407 e. The standard InChI is InChI=1S/C12H24N2O3/c1-10(7-5-6-8-13-9-15)14-11(16)17-12(2,3)4/h9-10H,5-8H2,1-4H3,(H,13,15)(H,14,16)/t10-/m1/s1. The minimum Gasteiger partial charge on any atom is -0.444 e. The number of unbranched alkanes of at least 4 members (excludes halogenated alkanes) is 1. The molecular formula is C12H24N2O3. The lowest BCUT2D eigenvalue weighted by atomic mass is 10.1. The van der Waals surface area contributed by atoms with Gasteiger partial charge in [-0.1, -0.05) is 0 Å². The monoisotopic (exact) mass is 244 g/mol. The lowest BCUT2D eigenvalue weighted by Crippen LogP contribution is -2.37. The molecule has 5 nitrogen and oxygen atoms in total. The first-order chi connectivity index (χ1) is 7.85. The fourth-order valence-corrected chi connectivity index (χ4v) is 1.32. The zero-order valence-electron chi connectivity index (χ0n) is 11.2. The number of hydrogen-bond acceptors (Lipinski definition) is 3. The number of ether oxygens (including phenoxy) is 1. The molecule has 100 valence electrons. The van der Waals surface area contributed by atoms with Crippen molar-refractivity contribution in [3.63, 3.8) is 0 Å². The molecule has 0 saturated carbocycles. The van der Waals surface area contributed by atoms with Crippen LogP contribution in [0.2, 0.25) is 0 Å². The summed E-state index contributed by atoms with van der Waals surface area (Å²) in [5, 5.41) is 5.38. The first-order valence-electron chi connectivity index (χ1n) is 6.01. The topological polar surface area (TPSA) is 67.4 Å². The van der Waals surface area contributed by atoms with Crippen LogP contribution in [-0.2, 0) is 9.53 Å². The van der Waals surface area contributed by atoms with Crippen molar-refractivity contribution in [1.82, 2.24) is 10.6 Å². The fraction of sp³-hybridized carbons (Fsp3) is 0.833. The highest BCUT2D eigenvalue weighted by Crippen LogP contribution is 2.07. The van der Waals surface area contributed by atoms with Gasteiger partial charge in [0.25, 0.3) is 0 Å². The van der Waals surface area contributed by atoms with Crippen LogP contribution in [0, 0.1) is 0 Å². The molecule has 2 N–H and O–H groups in total. The van der Waals surface area contributed by atoms with E-state index in [1.807, 2.05) is 27.7 Å². The van der Waals surface area contributed by atoms with Gasteiger partial charge in [0.05, 0.1) is 0 Å². The van der Waals surface area contributed by atoms with Gasteiger partial charge in [0.1, 0.15) is 5.60 Å². The van der Waals surface area contributed by atoms with Crippen molar-refractivity contribution in [2.24, 2.45) is 0 Å². The highest BCUT2D eigenvalue weighted by Gasteiger charge is 2.17. The van der Waals surface area contributed by atoms with Gasteiger partial charge < -0.3 is 15.4 Å². The van der Waals surface area contributed by atoms with E-state index in [4.69, 9.17) is 4.74 Å². The van der Waals surface area contributed by atoms with Crippen molar-refractivity contribution in [2.45, 2.75) is 58.6 Å². The number of hydrogen-bond donors (Lipinski definition) is 2. The van der Waals surface area contributed by atoms with Crippen molar-refractivity contribution < 1.29 is 14.3 Å². The summed E-state index contributed by atoms with van der Waals surface area (Å²) in [6.07, 6.45) is 3.06. The number of rotatable bonds is 7. The highest BCUT2D eigenvalue weighted by molar-refractivity contribution is 5.67. The van der Waals surface area contributed by atoms with Crippen molar-refractivity contribution in [2.75, 3.05) is 6.54 Å². The molecule has 0 fully saturated rings. The largest absolute Gasteiger partial charge is 0.444 e. The van der Waals surface area contributed by atoms with Gasteiger partial charge in [-0.2, -0.15) is 0 Å². The van der Waals surface area contributed by atoms with E-state index in [1.54, 1.807) is 0 Å². The predicted octanol–water partition coefficient (Wildman–Crippen LogP) is 1.82. The third-order valence-electron chi connectivity index (χ3n) is 2.05. The molecule has 0 aromatic rings. The third kappa shape index (κ3) is 11.0. The number of amides is 2. The van der Waals surface area contributed by atoms with Crippen LogP contribution in [0.3, 0.4) is 0 Å². The Hall–Kier alpha value is -1.26. The Morgan fingerprint density at radius 1 is 1.35 bits per heavy atom. The SMILES string of the molecule is C[C@H](CCCCNC=O)NC(=O)OC(C)(C)C. The highest BCUT2D eigenvalue weighted by atomic mass is 16.6. The molecule has 0 rings (SSSR count). The van der Waals surface area contributed by atoms with Crippen molar-refractivity contribution >= 4 is 12.5 Å². The summed E-state index contributed by atoms with van der Waals surface area (Å²) in [6, 6.07) is 0.0843. The average molecular weight is 244 g/mol. The van der Waals surface area contributed by atoms with Crippen LogP contribution in [0.5, 0.6) is 0 Å². The molecule has 0 aromatic carbocycles. The number of carbonyl (C=O) groups excluding carboxylic acids is 2. The third-order valence-corrected chi connectivity index (χ3v) is 2.05. The van der Waals surface area contributed by atoms with E-state index in [1.165, 1.54) is 0 Å². The van der Waals surface area contributed by atoms with Crippen LogP contribution in [0.15, 0.2) is 0 Å². The molecule has 0 unspecified atom stereocenters. The van der Waals surface area contributed by atoms with Crippen LogP contribution < -0.4 is 10.6 Å². The quantitative estimate of drug-likeness (QED) is 0.530. The summed E-state index contributed by atoms with van der Waals surface area (Å²) >= 11 is 0.